The summed E-state index contributed by atoms with van der Waals surface area (Å²) in [5.41, 5.74) is 10.2. The molecule has 34 heavy (non-hydrogen) atoms. The smallest absolute Gasteiger partial charge is 0.267 e. The first-order valence-electron chi connectivity index (χ1n) is 10.7. The van der Waals surface area contributed by atoms with Crippen LogP contribution < -0.4 is 15.8 Å². The number of hydrogen-bond acceptors (Lipinski definition) is 8. The van der Waals surface area contributed by atoms with Crippen LogP contribution in [0.3, 0.4) is 0 Å². The number of nitrogens with two attached hydrogens (primary N) is 1. The molecule has 172 valence electrons. The van der Waals surface area contributed by atoms with Crippen molar-refractivity contribution in [3.8, 4) is 17.0 Å². The molecule has 0 unspecified atom stereocenters. The van der Waals surface area contributed by atoms with E-state index in [9.17, 15) is 4.79 Å². The Labute approximate surface area is 209 Å². The van der Waals surface area contributed by atoms with E-state index < -0.39 is 0 Å². The molecule has 3 N–H and O–H groups in total. The molecule has 2 aromatic carbocycles. The lowest BCUT2D eigenvalue weighted by atomic mass is 10.1. The highest BCUT2D eigenvalue weighted by molar-refractivity contribution is 8.01. The maximum Gasteiger partial charge on any atom is 0.267 e. The number of anilines is 2. The number of nitrogen functional groups attached to an aromatic ring is 1. The number of methoxy groups -OCH3 is 1. The summed E-state index contributed by atoms with van der Waals surface area (Å²) >= 11 is 4.70. The average Bonchev–Trinajstić information content (AvgIpc) is 3.42. The lowest BCUT2D eigenvalue weighted by molar-refractivity contribution is 0.103. The summed E-state index contributed by atoms with van der Waals surface area (Å²) in [6.45, 7) is 2.16. The number of fused-ring (bicyclic) bond motifs is 2. The number of aromatic nitrogens is 2. The van der Waals surface area contributed by atoms with E-state index in [0.29, 0.717) is 10.6 Å². The van der Waals surface area contributed by atoms with Crippen molar-refractivity contribution in [2.75, 3.05) is 23.9 Å². The van der Waals surface area contributed by atoms with Gasteiger partial charge in [0.15, 0.2) is 4.34 Å². The molecule has 9 heteroatoms. The van der Waals surface area contributed by atoms with Crippen molar-refractivity contribution in [1.82, 2.24) is 9.97 Å². The van der Waals surface area contributed by atoms with E-state index in [1.54, 1.807) is 30.2 Å². The molecule has 3 aromatic heterocycles. The van der Waals surface area contributed by atoms with Gasteiger partial charge in [0.2, 0.25) is 0 Å². The fourth-order valence-electron chi connectivity index (χ4n) is 3.51. The molecule has 0 atom stereocenters. The summed E-state index contributed by atoms with van der Waals surface area (Å²) in [7, 11) is 1.64. The molecule has 0 aliphatic heterocycles. The molecular weight excluding hydrogens is 485 g/mol. The van der Waals surface area contributed by atoms with Crippen LogP contribution in [0.2, 0.25) is 0 Å². The van der Waals surface area contributed by atoms with Crippen molar-refractivity contribution >= 4 is 72.2 Å². The van der Waals surface area contributed by atoms with Crippen molar-refractivity contribution in [3.05, 3.63) is 59.5 Å². The second-order valence-corrected chi connectivity index (χ2v) is 11.0. The van der Waals surface area contributed by atoms with Crippen molar-refractivity contribution in [3.63, 3.8) is 0 Å². The van der Waals surface area contributed by atoms with Crippen LogP contribution in [0.15, 0.2) is 58.9 Å². The summed E-state index contributed by atoms with van der Waals surface area (Å²) < 4.78 is 7.32. The molecule has 0 fully saturated rings. The van der Waals surface area contributed by atoms with Crippen molar-refractivity contribution < 1.29 is 9.53 Å². The average molecular weight is 507 g/mol. The van der Waals surface area contributed by atoms with E-state index in [-0.39, 0.29) is 5.91 Å². The summed E-state index contributed by atoms with van der Waals surface area (Å²) in [6.07, 6.45) is 1.11. The Hall–Kier alpha value is -3.14. The first kappa shape index (κ1) is 22.6. The number of benzene rings is 2. The molecule has 0 bridgehead atoms. The van der Waals surface area contributed by atoms with Crippen LogP contribution in [0, 0.1) is 0 Å². The maximum absolute atomic E-state index is 13.1. The Morgan fingerprint density at radius 2 is 1.91 bits per heavy atom. The Balaban J connectivity index is 1.39. The highest BCUT2D eigenvalue weighted by Gasteiger charge is 2.18. The number of rotatable bonds is 7. The monoisotopic (exact) mass is 506 g/mol. The van der Waals surface area contributed by atoms with Crippen LogP contribution in [0.1, 0.15) is 23.0 Å². The van der Waals surface area contributed by atoms with Gasteiger partial charge in [-0.15, -0.1) is 22.7 Å². The van der Waals surface area contributed by atoms with Gasteiger partial charge in [-0.05, 0) is 61.0 Å². The molecule has 0 radical (unpaired) electrons. The summed E-state index contributed by atoms with van der Waals surface area (Å²) in [6, 6.07) is 17.3. The zero-order valence-electron chi connectivity index (χ0n) is 18.6. The maximum atomic E-state index is 13.1. The molecular formula is C25H22N4O2S3. The number of carbonyl (C=O) groups excluding carboxylic acids is 1. The number of ether oxygens (including phenoxy) is 1. The van der Waals surface area contributed by atoms with Crippen LogP contribution in [0.4, 0.5) is 11.4 Å². The molecule has 0 aliphatic carbocycles. The lowest BCUT2D eigenvalue weighted by Crippen LogP contribution is -2.11. The van der Waals surface area contributed by atoms with Gasteiger partial charge in [0.05, 0.1) is 28.7 Å². The van der Waals surface area contributed by atoms with Crippen molar-refractivity contribution in [1.29, 1.82) is 0 Å². The largest absolute Gasteiger partial charge is 0.497 e. The molecule has 0 spiro atoms. The summed E-state index contributed by atoms with van der Waals surface area (Å²) in [5.74, 6) is 1.59. The lowest BCUT2D eigenvalue weighted by Gasteiger charge is -2.04. The van der Waals surface area contributed by atoms with Crippen molar-refractivity contribution in [2.45, 2.75) is 17.7 Å². The zero-order chi connectivity index (χ0) is 23.7. The highest BCUT2D eigenvalue weighted by atomic mass is 32.2. The number of nitrogens with zero attached hydrogens (tertiary/aromatic N) is 2. The first-order chi connectivity index (χ1) is 16.6. The molecule has 5 rings (SSSR count). The molecule has 1 amide bonds. The SMILES string of the molecule is CCCSc1nc2ccc(NC(=O)c3sc4nc(-c5ccc(OC)cc5)ccc4c3N)cc2s1. The number of thiazole rings is 1. The Morgan fingerprint density at radius 1 is 1.09 bits per heavy atom. The Bertz CT molecular complexity index is 1490. The minimum Gasteiger partial charge on any atom is -0.497 e. The third kappa shape index (κ3) is 4.46. The summed E-state index contributed by atoms with van der Waals surface area (Å²) in [5, 5.41) is 3.77. The topological polar surface area (TPSA) is 90.1 Å². The number of carbonyl (C=O) groups is 1. The summed E-state index contributed by atoms with van der Waals surface area (Å²) in [4.78, 5) is 23.7. The quantitative estimate of drug-likeness (QED) is 0.233. The van der Waals surface area contributed by atoms with Crippen LogP contribution in [0.5, 0.6) is 5.75 Å². The normalized spacial score (nSPS) is 11.2. The van der Waals surface area contributed by atoms with Gasteiger partial charge >= 0.3 is 0 Å². The first-order valence-corrected chi connectivity index (χ1v) is 13.4. The third-order valence-electron chi connectivity index (χ3n) is 5.24. The number of thiophene rings is 1. The molecule has 0 saturated heterocycles. The second kappa shape index (κ2) is 9.61. The van der Waals surface area contributed by atoms with E-state index in [2.05, 4.69) is 17.2 Å². The van der Waals surface area contributed by atoms with Crippen LogP contribution >= 0.6 is 34.4 Å². The highest BCUT2D eigenvalue weighted by Crippen LogP contribution is 2.36. The predicted molar refractivity (Wildman–Crippen MR) is 145 cm³/mol. The van der Waals surface area contributed by atoms with E-state index in [4.69, 9.17) is 15.5 Å². The number of hydrogen-bond donors (Lipinski definition) is 2. The minimum absolute atomic E-state index is 0.240. The zero-order valence-corrected chi connectivity index (χ0v) is 21.1. The number of pyridine rings is 1. The van der Waals surface area contributed by atoms with Gasteiger partial charge in [-0.3, -0.25) is 4.79 Å². The van der Waals surface area contributed by atoms with Gasteiger partial charge in [0.25, 0.3) is 5.91 Å². The van der Waals surface area contributed by atoms with Gasteiger partial charge in [-0.1, -0.05) is 18.7 Å². The van der Waals surface area contributed by atoms with E-state index >= 15 is 0 Å². The molecule has 5 aromatic rings. The van der Waals surface area contributed by atoms with Crippen LogP contribution in [-0.4, -0.2) is 28.7 Å². The van der Waals surface area contributed by atoms with Gasteiger partial charge < -0.3 is 15.8 Å². The van der Waals surface area contributed by atoms with Gasteiger partial charge in [0.1, 0.15) is 15.5 Å². The van der Waals surface area contributed by atoms with Crippen LogP contribution in [0.25, 0.3) is 31.7 Å². The number of nitrogens with one attached hydrogen (secondary N) is 1. The van der Waals surface area contributed by atoms with E-state index in [1.807, 2.05) is 54.6 Å². The molecule has 0 saturated carbocycles. The molecule has 6 nitrogen and oxygen atoms in total. The van der Waals surface area contributed by atoms with Gasteiger partial charge in [-0.25, -0.2) is 9.97 Å². The van der Waals surface area contributed by atoms with Crippen molar-refractivity contribution in [2.24, 2.45) is 0 Å². The standard InChI is InChI=1S/C25H22N4O2S3/c1-3-12-32-25-29-19-10-6-15(13-20(19)33-25)27-23(30)22-21(26)17-9-11-18(28-24(17)34-22)14-4-7-16(31-2)8-5-14/h4-11,13H,3,12,26H2,1-2H3,(H,27,30). The molecule has 3 heterocycles. The van der Waals surface area contributed by atoms with Gasteiger partial charge in [-0.2, -0.15) is 0 Å². The fraction of sp³-hybridized carbons (Fsp3) is 0.160. The predicted octanol–water partition coefficient (Wildman–Crippen LogP) is 6.92. The number of amides is 1. The van der Waals surface area contributed by atoms with E-state index in [1.165, 1.54) is 11.3 Å². The third-order valence-corrected chi connectivity index (χ3v) is 8.72. The minimum atomic E-state index is -0.240. The Kier molecular flexibility index (Phi) is 6.40. The van der Waals surface area contributed by atoms with E-state index in [0.717, 1.165) is 59.6 Å². The second-order valence-electron chi connectivity index (χ2n) is 7.59. The number of thioether (sulfide) groups is 1. The van der Waals surface area contributed by atoms with Gasteiger partial charge in [0, 0.05) is 22.4 Å². The Morgan fingerprint density at radius 3 is 2.68 bits per heavy atom. The van der Waals surface area contributed by atoms with Crippen LogP contribution in [-0.2, 0) is 0 Å². The fourth-order valence-corrected chi connectivity index (χ4v) is 6.53. The molecule has 0 aliphatic rings.